The summed E-state index contributed by atoms with van der Waals surface area (Å²) in [6.07, 6.45) is 14.8. The summed E-state index contributed by atoms with van der Waals surface area (Å²) < 4.78 is 12.1. The first-order chi connectivity index (χ1) is 11.7. The molecule has 0 amide bonds. The molecule has 24 heavy (non-hydrogen) atoms. The maximum absolute atomic E-state index is 9.62. The molecule has 138 valence electrons. The third-order valence-corrected chi connectivity index (χ3v) is 6.02. The van der Waals surface area contributed by atoms with Crippen LogP contribution in [-0.4, -0.2) is 19.5 Å². The van der Waals surface area contributed by atoms with E-state index in [1.54, 1.807) is 0 Å². The van der Waals surface area contributed by atoms with E-state index in [4.69, 9.17) is 9.47 Å². The molecule has 2 fully saturated rings. The lowest BCUT2D eigenvalue weighted by molar-refractivity contribution is -0.244. The summed E-state index contributed by atoms with van der Waals surface area (Å²) in [5.41, 5.74) is -0.401. The molecular formula is C21H37NO2. The number of hydrogen-bond acceptors (Lipinski definition) is 3. The number of unbranched alkanes of at least 4 members (excludes halogenated alkanes) is 4. The van der Waals surface area contributed by atoms with Crippen molar-refractivity contribution in [1.29, 1.82) is 5.26 Å². The lowest BCUT2D eigenvalue weighted by atomic mass is 9.79. The van der Waals surface area contributed by atoms with Crippen LogP contribution in [0.15, 0.2) is 0 Å². The van der Waals surface area contributed by atoms with Gasteiger partial charge in [-0.05, 0) is 38.0 Å². The fourth-order valence-electron chi connectivity index (χ4n) is 4.33. The van der Waals surface area contributed by atoms with Gasteiger partial charge in [-0.2, -0.15) is 5.26 Å². The monoisotopic (exact) mass is 335 g/mol. The quantitative estimate of drug-likeness (QED) is 0.497. The van der Waals surface area contributed by atoms with Gasteiger partial charge in [0.1, 0.15) is 5.41 Å². The van der Waals surface area contributed by atoms with E-state index < -0.39 is 5.41 Å². The average Bonchev–Trinajstić information content (AvgIpc) is 2.63. The molecular weight excluding hydrogens is 298 g/mol. The summed E-state index contributed by atoms with van der Waals surface area (Å²) in [5.74, 6) is 1.45. The lowest BCUT2D eigenvalue weighted by Gasteiger charge is -2.40. The van der Waals surface area contributed by atoms with E-state index in [2.05, 4.69) is 19.9 Å². The number of rotatable bonds is 9. The number of hydrogen-bond donors (Lipinski definition) is 0. The van der Waals surface area contributed by atoms with Crippen molar-refractivity contribution in [3.63, 3.8) is 0 Å². The van der Waals surface area contributed by atoms with Crippen LogP contribution in [0.2, 0.25) is 0 Å². The molecule has 1 saturated carbocycles. The Morgan fingerprint density at radius 2 is 1.58 bits per heavy atom. The molecule has 0 aromatic heterocycles. The van der Waals surface area contributed by atoms with Crippen molar-refractivity contribution in [2.45, 2.75) is 97.2 Å². The number of nitrogens with zero attached hydrogens (tertiary/aromatic N) is 1. The van der Waals surface area contributed by atoms with Gasteiger partial charge in [-0.3, -0.25) is 0 Å². The molecule has 0 unspecified atom stereocenters. The molecule has 0 aromatic carbocycles. The topological polar surface area (TPSA) is 42.2 Å². The highest BCUT2D eigenvalue weighted by Gasteiger charge is 2.40. The van der Waals surface area contributed by atoms with E-state index >= 15 is 0 Å². The standard InChI is InChI=1S/C21H37NO2/c1-3-5-6-7-8-14-21(15-22)16-23-20(24-17-21)19-12-10-18(9-4-2)11-13-19/h18-20H,3-14,16-17H2,1-2H3/t18-,19-,20-,21+. The van der Waals surface area contributed by atoms with Crippen LogP contribution in [0, 0.1) is 28.6 Å². The average molecular weight is 336 g/mol. The minimum Gasteiger partial charge on any atom is -0.351 e. The maximum atomic E-state index is 9.62. The molecule has 1 heterocycles. The predicted molar refractivity (Wildman–Crippen MR) is 97.5 cm³/mol. The Morgan fingerprint density at radius 1 is 0.917 bits per heavy atom. The minimum atomic E-state index is -0.401. The smallest absolute Gasteiger partial charge is 0.160 e. The van der Waals surface area contributed by atoms with E-state index in [1.807, 2.05) is 0 Å². The molecule has 3 heteroatoms. The van der Waals surface area contributed by atoms with E-state index in [0.717, 1.165) is 18.8 Å². The summed E-state index contributed by atoms with van der Waals surface area (Å²) >= 11 is 0. The Labute approximate surface area is 149 Å². The zero-order valence-corrected chi connectivity index (χ0v) is 15.9. The van der Waals surface area contributed by atoms with Crippen molar-refractivity contribution in [2.24, 2.45) is 17.3 Å². The molecule has 0 aromatic rings. The summed E-state index contributed by atoms with van der Waals surface area (Å²) in [4.78, 5) is 0. The van der Waals surface area contributed by atoms with Crippen molar-refractivity contribution < 1.29 is 9.47 Å². The second-order valence-electron chi connectivity index (χ2n) is 8.12. The maximum Gasteiger partial charge on any atom is 0.160 e. The molecule has 0 N–H and O–H groups in total. The highest BCUT2D eigenvalue weighted by molar-refractivity contribution is 5.00. The molecule has 0 spiro atoms. The molecule has 0 atom stereocenters. The third kappa shape index (κ3) is 5.74. The summed E-state index contributed by atoms with van der Waals surface area (Å²) in [6.45, 7) is 5.65. The summed E-state index contributed by atoms with van der Waals surface area (Å²) in [5, 5.41) is 9.62. The van der Waals surface area contributed by atoms with Crippen molar-refractivity contribution in [3.8, 4) is 6.07 Å². The summed E-state index contributed by atoms with van der Waals surface area (Å²) in [7, 11) is 0. The van der Waals surface area contributed by atoms with E-state index in [-0.39, 0.29) is 6.29 Å². The second-order valence-corrected chi connectivity index (χ2v) is 8.12. The molecule has 1 saturated heterocycles. The molecule has 1 aliphatic heterocycles. The molecule has 2 rings (SSSR count). The Balaban J connectivity index is 1.70. The van der Waals surface area contributed by atoms with E-state index in [1.165, 1.54) is 64.2 Å². The Kier molecular flexibility index (Phi) is 8.56. The van der Waals surface area contributed by atoms with E-state index in [9.17, 15) is 5.26 Å². The molecule has 0 bridgehead atoms. The van der Waals surface area contributed by atoms with Crippen LogP contribution in [0.5, 0.6) is 0 Å². The summed E-state index contributed by atoms with van der Waals surface area (Å²) in [6, 6.07) is 2.51. The van der Waals surface area contributed by atoms with Crippen LogP contribution < -0.4 is 0 Å². The first-order valence-electron chi connectivity index (χ1n) is 10.4. The highest BCUT2D eigenvalue weighted by Crippen LogP contribution is 2.38. The van der Waals surface area contributed by atoms with Gasteiger partial charge in [0.2, 0.25) is 0 Å². The van der Waals surface area contributed by atoms with Crippen LogP contribution in [0.4, 0.5) is 0 Å². The van der Waals surface area contributed by atoms with Gasteiger partial charge in [0.25, 0.3) is 0 Å². The normalized spacial score (nSPS) is 34.0. The zero-order valence-electron chi connectivity index (χ0n) is 15.9. The Bertz CT molecular complexity index is 374. The van der Waals surface area contributed by atoms with Gasteiger partial charge in [0.05, 0.1) is 19.3 Å². The van der Waals surface area contributed by atoms with Gasteiger partial charge in [-0.15, -0.1) is 0 Å². The molecule has 1 aliphatic carbocycles. The van der Waals surface area contributed by atoms with Crippen LogP contribution in [0.25, 0.3) is 0 Å². The van der Waals surface area contributed by atoms with E-state index in [0.29, 0.717) is 19.1 Å². The van der Waals surface area contributed by atoms with Crippen LogP contribution in [0.3, 0.4) is 0 Å². The van der Waals surface area contributed by atoms with Crippen molar-refractivity contribution >= 4 is 0 Å². The van der Waals surface area contributed by atoms with Gasteiger partial charge in [-0.1, -0.05) is 58.8 Å². The highest BCUT2D eigenvalue weighted by atomic mass is 16.7. The van der Waals surface area contributed by atoms with Crippen molar-refractivity contribution in [1.82, 2.24) is 0 Å². The van der Waals surface area contributed by atoms with Gasteiger partial charge < -0.3 is 9.47 Å². The predicted octanol–water partition coefficient (Wildman–Crippen LogP) is 5.84. The third-order valence-electron chi connectivity index (χ3n) is 6.02. The number of ether oxygens (including phenoxy) is 2. The first-order valence-corrected chi connectivity index (χ1v) is 10.4. The van der Waals surface area contributed by atoms with Gasteiger partial charge in [0.15, 0.2) is 6.29 Å². The fraction of sp³-hybridized carbons (Fsp3) is 0.952. The minimum absolute atomic E-state index is 0.0610. The van der Waals surface area contributed by atoms with Gasteiger partial charge >= 0.3 is 0 Å². The zero-order chi connectivity index (χ0) is 17.3. The van der Waals surface area contributed by atoms with Crippen LogP contribution >= 0.6 is 0 Å². The second kappa shape index (κ2) is 10.4. The fourth-order valence-corrected chi connectivity index (χ4v) is 4.33. The van der Waals surface area contributed by atoms with Gasteiger partial charge in [-0.25, -0.2) is 0 Å². The van der Waals surface area contributed by atoms with Crippen molar-refractivity contribution in [3.05, 3.63) is 0 Å². The van der Waals surface area contributed by atoms with Crippen molar-refractivity contribution in [2.75, 3.05) is 13.2 Å². The lowest BCUT2D eigenvalue weighted by Crippen LogP contribution is -2.44. The molecule has 3 nitrogen and oxygen atoms in total. The first kappa shape index (κ1) is 19.7. The largest absolute Gasteiger partial charge is 0.351 e. The Hall–Kier alpha value is -0.590. The van der Waals surface area contributed by atoms with Crippen LogP contribution in [0.1, 0.15) is 90.9 Å². The molecule has 0 radical (unpaired) electrons. The number of nitriles is 1. The van der Waals surface area contributed by atoms with Crippen LogP contribution in [-0.2, 0) is 9.47 Å². The Morgan fingerprint density at radius 3 is 2.17 bits per heavy atom. The van der Waals surface area contributed by atoms with Gasteiger partial charge in [0, 0.05) is 5.92 Å². The molecule has 2 aliphatic rings. The SMILES string of the molecule is CCCCCCC[C@]1(C#N)CO[C@@H]([C@H]2CC[C@H](CCC)CC2)OC1.